The number of rotatable bonds is 6. The van der Waals surface area contributed by atoms with Gasteiger partial charge in [0.25, 0.3) is 0 Å². The molecule has 1 fully saturated rings. The van der Waals surface area contributed by atoms with Crippen LogP contribution in [0.5, 0.6) is 17.2 Å². The minimum absolute atomic E-state index is 0.0464. The Balaban J connectivity index is 1.68. The number of ether oxygens (including phenoxy) is 3. The molecular formula is C27H28NO11Se. The van der Waals surface area contributed by atoms with Crippen molar-refractivity contribution in [2.45, 2.75) is 62.4 Å². The first kappa shape index (κ1) is 28.7. The first-order valence-electron chi connectivity index (χ1n) is 12.6. The fraction of sp³-hybridized carbons (Fsp3) is 0.444. The molecule has 13 heteroatoms. The number of aromatic hydroxyl groups is 2. The number of aliphatic hydroxyl groups excluding tert-OH is 2. The van der Waals surface area contributed by atoms with Gasteiger partial charge in [-0.3, -0.25) is 0 Å². The van der Waals surface area contributed by atoms with Crippen LogP contribution < -0.4 is 9.07 Å². The zero-order valence-corrected chi connectivity index (χ0v) is 23.3. The van der Waals surface area contributed by atoms with Crippen molar-refractivity contribution in [3.8, 4) is 17.2 Å². The van der Waals surface area contributed by atoms with Gasteiger partial charge >= 0.3 is 207 Å². The third kappa shape index (κ3) is 4.34. The van der Waals surface area contributed by atoms with Crippen molar-refractivity contribution in [3.63, 3.8) is 0 Å². The maximum absolute atomic E-state index is 13.7. The molecule has 6 atom stereocenters. The maximum atomic E-state index is 13.7. The molecule has 0 spiro atoms. The predicted molar refractivity (Wildman–Crippen MR) is 136 cm³/mol. The van der Waals surface area contributed by atoms with E-state index in [1.807, 2.05) is 0 Å². The van der Waals surface area contributed by atoms with E-state index in [1.54, 1.807) is 6.92 Å². The van der Waals surface area contributed by atoms with Crippen LogP contribution in [-0.4, -0.2) is 103 Å². The number of phenolic OH excluding ortho intramolecular Hbond substituents is 2. The van der Waals surface area contributed by atoms with Gasteiger partial charge in [0.15, 0.2) is 0 Å². The summed E-state index contributed by atoms with van der Waals surface area (Å²) >= 11 is 2.63. The molecule has 4 unspecified atom stereocenters. The second-order valence-electron chi connectivity index (χ2n) is 10.2. The Morgan fingerprint density at radius 2 is 1.88 bits per heavy atom. The summed E-state index contributed by atoms with van der Waals surface area (Å²) in [5.74, 6) is -3.72. The van der Waals surface area contributed by atoms with Crippen molar-refractivity contribution >= 4 is 33.6 Å². The number of hydrogen-bond donors (Lipinski definition) is 6. The van der Waals surface area contributed by atoms with E-state index in [-0.39, 0.29) is 34.4 Å². The molecule has 40 heavy (non-hydrogen) atoms. The normalized spacial score (nSPS) is 29.4. The van der Waals surface area contributed by atoms with E-state index in [2.05, 4.69) is 20.6 Å². The molecule has 0 bridgehead atoms. The molecule has 2 aromatic rings. The first-order chi connectivity index (χ1) is 19.0. The van der Waals surface area contributed by atoms with Crippen molar-refractivity contribution in [2.24, 2.45) is 0 Å². The van der Waals surface area contributed by atoms with Gasteiger partial charge in [-0.2, -0.15) is 0 Å². The summed E-state index contributed by atoms with van der Waals surface area (Å²) in [7, 11) is 1.33. The molecule has 1 heterocycles. The van der Waals surface area contributed by atoms with Gasteiger partial charge in [-0.1, -0.05) is 12.1 Å². The van der Waals surface area contributed by atoms with Crippen LogP contribution in [0.4, 0.5) is 0 Å². The van der Waals surface area contributed by atoms with Gasteiger partial charge in [0.05, 0.1) is 7.11 Å². The number of nitrogens with one attached hydrogen (secondary N) is 1. The molecule has 2 aromatic carbocycles. The van der Waals surface area contributed by atoms with Gasteiger partial charge < -0.3 is 4.74 Å². The number of fused-ring (bicyclic) bond motifs is 3. The molecule has 1 aliphatic heterocycles. The number of carbonyl (C=O) groups excluding carboxylic acids is 3. The van der Waals surface area contributed by atoms with Crippen LogP contribution in [0.2, 0.25) is 0 Å². The molecule has 1 radical (unpaired) electrons. The molecule has 0 saturated carbocycles. The topological polar surface area (TPSA) is 192 Å². The SMILES string of the molecule is COc1cccc2c1C(=O)c1c(O)c3c(c(O)c1C2=O)C[C@@](O)(C(=O)CO)C[C@@H]3OC1CC(N[Se])C(O)C(C)O1. The quantitative estimate of drug-likeness (QED) is 0.156. The Labute approximate surface area is 236 Å². The average molecular weight is 621 g/mol. The second-order valence-corrected chi connectivity index (χ2v) is 10.7. The Hall–Kier alpha value is -2.87. The number of methoxy groups -OCH3 is 1. The van der Waals surface area contributed by atoms with Crippen molar-refractivity contribution in [3.05, 3.63) is 51.6 Å². The first-order valence-corrected chi connectivity index (χ1v) is 13.4. The van der Waals surface area contributed by atoms with Crippen LogP contribution in [0, 0.1) is 0 Å². The minimum atomic E-state index is -2.23. The zero-order valence-electron chi connectivity index (χ0n) is 21.5. The van der Waals surface area contributed by atoms with Gasteiger partial charge in [0.2, 0.25) is 0 Å². The fourth-order valence-electron chi connectivity index (χ4n) is 5.83. The van der Waals surface area contributed by atoms with Crippen molar-refractivity contribution in [1.29, 1.82) is 0 Å². The monoisotopic (exact) mass is 622 g/mol. The molecule has 6 N–H and O–H groups in total. The van der Waals surface area contributed by atoms with Crippen LogP contribution in [0.3, 0.4) is 0 Å². The van der Waals surface area contributed by atoms with Gasteiger partial charge in [0, 0.05) is 0 Å². The van der Waals surface area contributed by atoms with Crippen molar-refractivity contribution < 1.29 is 54.1 Å². The van der Waals surface area contributed by atoms with Crippen LogP contribution in [-0.2, 0) is 20.7 Å². The summed E-state index contributed by atoms with van der Waals surface area (Å²) in [5.41, 5.74) is -3.56. The number of benzene rings is 2. The Morgan fingerprint density at radius 3 is 2.52 bits per heavy atom. The average Bonchev–Trinajstić information content (AvgIpc) is 2.94. The number of aliphatic hydroxyl groups is 3. The predicted octanol–water partition coefficient (Wildman–Crippen LogP) is -0.284. The van der Waals surface area contributed by atoms with E-state index in [0.717, 1.165) is 0 Å². The molecule has 3 aliphatic rings. The van der Waals surface area contributed by atoms with Gasteiger partial charge in [-0.15, -0.1) is 0 Å². The summed E-state index contributed by atoms with van der Waals surface area (Å²) in [6.07, 6.45) is -4.79. The molecule has 213 valence electrons. The van der Waals surface area contributed by atoms with Crippen molar-refractivity contribution in [1.82, 2.24) is 4.33 Å². The summed E-state index contributed by atoms with van der Waals surface area (Å²) in [4.78, 5) is 39.9. The number of phenols is 2. The number of hydrogen-bond acceptors (Lipinski definition) is 12. The molecule has 12 nitrogen and oxygen atoms in total. The molecule has 5 rings (SSSR count). The van der Waals surface area contributed by atoms with E-state index in [1.165, 1.54) is 25.3 Å². The summed E-state index contributed by atoms with van der Waals surface area (Å²) in [6, 6.07) is 3.90. The number of carbonyl (C=O) groups is 3. The summed E-state index contributed by atoms with van der Waals surface area (Å²) in [5, 5.41) is 54.1. The number of Topliss-reactive ketones (excluding diaryl/α,β-unsaturated/α-hetero) is 1. The van der Waals surface area contributed by atoms with Crippen molar-refractivity contribution in [2.75, 3.05) is 13.7 Å². The number of ketones is 3. The zero-order chi connectivity index (χ0) is 29.1. The summed E-state index contributed by atoms with van der Waals surface area (Å²) in [6.45, 7) is 0.613. The van der Waals surface area contributed by atoms with Crippen LogP contribution >= 0.6 is 0 Å². The summed E-state index contributed by atoms with van der Waals surface area (Å²) < 4.78 is 20.0. The van der Waals surface area contributed by atoms with Gasteiger partial charge in [-0.25, -0.2) is 0 Å². The van der Waals surface area contributed by atoms with Crippen LogP contribution in [0.1, 0.15) is 68.8 Å². The van der Waals surface area contributed by atoms with E-state index < -0.39 is 95.7 Å². The van der Waals surface area contributed by atoms with E-state index in [0.29, 0.717) is 0 Å². The molecule has 2 aliphatic carbocycles. The molecule has 0 aromatic heterocycles. The fourth-order valence-corrected chi connectivity index (χ4v) is 6.33. The second kappa shape index (κ2) is 10.5. The molecule has 0 amide bonds. The van der Waals surface area contributed by atoms with Crippen LogP contribution in [0.15, 0.2) is 18.2 Å². The van der Waals surface area contributed by atoms with E-state index in [9.17, 15) is 39.9 Å². The third-order valence-electron chi connectivity index (χ3n) is 7.91. The Morgan fingerprint density at radius 1 is 1.18 bits per heavy atom. The molecule has 1 saturated heterocycles. The Bertz CT molecular complexity index is 1410. The van der Waals surface area contributed by atoms with Crippen LogP contribution in [0.25, 0.3) is 0 Å². The Kier molecular flexibility index (Phi) is 7.53. The van der Waals surface area contributed by atoms with Gasteiger partial charge in [-0.05, 0) is 6.07 Å². The third-order valence-corrected chi connectivity index (χ3v) is 8.55. The van der Waals surface area contributed by atoms with E-state index in [4.69, 9.17) is 14.2 Å². The molecular weight excluding hydrogens is 593 g/mol. The van der Waals surface area contributed by atoms with Gasteiger partial charge in [0.1, 0.15) is 0 Å². The standard InChI is InChI=1S/C27H28NO11Se/c1-10-22(31)13(28-40)6-17(38-10)39-15-8-27(36,16(30)9-29)7-12-19(15)26(35)21-20(24(12)33)23(32)11-4-3-5-14(37-2)18(11)25(21)34/h3-5,10,13,15,17,22,28-29,31,33,35-36H,6-9H2,1-2H3/t10?,13?,15-,17?,22?,27-/m0/s1. The van der Waals surface area contributed by atoms with E-state index >= 15 is 0 Å².